The summed E-state index contributed by atoms with van der Waals surface area (Å²) in [6, 6.07) is 15.9. The van der Waals surface area contributed by atoms with Gasteiger partial charge in [0.05, 0.1) is 24.3 Å². The zero-order valence-electron chi connectivity index (χ0n) is 22.4. The zero-order valence-corrected chi connectivity index (χ0v) is 22.4. The molecule has 0 radical (unpaired) electrons. The number of anilines is 2. The summed E-state index contributed by atoms with van der Waals surface area (Å²) >= 11 is 0. The number of benzene rings is 3. The highest BCUT2D eigenvalue weighted by Crippen LogP contribution is 2.20. The summed E-state index contributed by atoms with van der Waals surface area (Å²) in [5, 5.41) is 0. The Balaban J connectivity index is 1.31. The molecular formula is C30H29F3N2O7. The third kappa shape index (κ3) is 11.2. The van der Waals surface area contributed by atoms with Crippen LogP contribution in [0.15, 0.2) is 72.8 Å². The van der Waals surface area contributed by atoms with Crippen LogP contribution in [0.2, 0.25) is 0 Å². The smallest absolute Gasteiger partial charge is 0.422 e. The van der Waals surface area contributed by atoms with Gasteiger partial charge in [0, 0.05) is 17.5 Å². The molecule has 4 N–H and O–H groups in total. The highest BCUT2D eigenvalue weighted by Gasteiger charge is 2.28. The molecule has 0 saturated heterocycles. The van der Waals surface area contributed by atoms with Crippen molar-refractivity contribution in [2.24, 2.45) is 0 Å². The van der Waals surface area contributed by atoms with Crippen molar-refractivity contribution in [2.75, 3.05) is 31.3 Å². The molecule has 222 valence electrons. The van der Waals surface area contributed by atoms with Crippen molar-refractivity contribution >= 4 is 35.4 Å². The molecule has 0 bridgehead atoms. The Labute approximate surface area is 239 Å². The molecule has 0 aliphatic heterocycles. The van der Waals surface area contributed by atoms with E-state index in [4.69, 9.17) is 25.7 Å². The first kappa shape index (κ1) is 31.5. The van der Waals surface area contributed by atoms with Gasteiger partial charge in [-0.3, -0.25) is 0 Å². The van der Waals surface area contributed by atoms with Gasteiger partial charge in [-0.05, 0) is 85.5 Å². The Bertz CT molecular complexity index is 1370. The van der Waals surface area contributed by atoms with Gasteiger partial charge in [-0.2, -0.15) is 13.2 Å². The molecule has 9 nitrogen and oxygen atoms in total. The maximum absolute atomic E-state index is 12.3. The highest BCUT2D eigenvalue weighted by molar-refractivity contribution is 5.92. The van der Waals surface area contributed by atoms with Crippen molar-refractivity contribution in [3.05, 3.63) is 89.5 Å². The lowest BCUT2D eigenvalue weighted by Crippen LogP contribution is -2.19. The Morgan fingerprint density at radius 1 is 0.714 bits per heavy atom. The molecule has 3 aromatic carbocycles. The van der Waals surface area contributed by atoms with Crippen molar-refractivity contribution in [3.63, 3.8) is 0 Å². The van der Waals surface area contributed by atoms with E-state index >= 15 is 0 Å². The van der Waals surface area contributed by atoms with Crippen molar-refractivity contribution in [1.82, 2.24) is 0 Å². The topological polar surface area (TPSA) is 140 Å². The van der Waals surface area contributed by atoms with Crippen LogP contribution in [0.25, 0.3) is 6.08 Å². The molecule has 3 aromatic rings. The van der Waals surface area contributed by atoms with E-state index < -0.39 is 30.7 Å². The first-order chi connectivity index (χ1) is 20.0. The number of nitrogens with two attached hydrogens (primary N) is 2. The van der Waals surface area contributed by atoms with Gasteiger partial charge < -0.3 is 30.4 Å². The van der Waals surface area contributed by atoms with Gasteiger partial charge in [0.25, 0.3) is 0 Å². The standard InChI is InChI=1S/C30H29F3N2O7/c31-30(32,33)19-41-25-11-7-21(8-12-25)29(38)42-26-9-4-20(5-10-26)6-13-27(36)39-14-2-1-3-15-40-28(37)22-16-23(34)18-24(35)17-22/h4-13,16-18H,1-3,14-15,19,34-35H2. The van der Waals surface area contributed by atoms with Gasteiger partial charge in [0.1, 0.15) is 11.5 Å². The van der Waals surface area contributed by atoms with Crippen LogP contribution in [0, 0.1) is 0 Å². The third-order valence-electron chi connectivity index (χ3n) is 5.47. The number of carbonyl (C=O) groups is 3. The maximum atomic E-state index is 12.3. The third-order valence-corrected chi connectivity index (χ3v) is 5.47. The minimum Gasteiger partial charge on any atom is -0.484 e. The van der Waals surface area contributed by atoms with E-state index in [1.54, 1.807) is 18.2 Å². The van der Waals surface area contributed by atoms with Crippen LogP contribution >= 0.6 is 0 Å². The fraction of sp³-hybridized carbons (Fsp3) is 0.233. The first-order valence-corrected chi connectivity index (χ1v) is 12.8. The van der Waals surface area contributed by atoms with Crippen LogP contribution in [0.3, 0.4) is 0 Å². The number of nitrogen functional groups attached to an aromatic ring is 2. The highest BCUT2D eigenvalue weighted by atomic mass is 19.4. The Hall–Kier alpha value is -5.00. The average molecular weight is 587 g/mol. The molecule has 0 aromatic heterocycles. The van der Waals surface area contributed by atoms with Gasteiger partial charge in [0.15, 0.2) is 6.61 Å². The largest absolute Gasteiger partial charge is 0.484 e. The summed E-state index contributed by atoms with van der Waals surface area (Å²) < 4.78 is 56.9. The Morgan fingerprint density at radius 2 is 1.31 bits per heavy atom. The molecule has 0 amide bonds. The number of alkyl halides is 3. The maximum Gasteiger partial charge on any atom is 0.422 e. The zero-order chi connectivity index (χ0) is 30.5. The van der Waals surface area contributed by atoms with Crippen LogP contribution in [-0.4, -0.2) is 43.9 Å². The molecule has 0 heterocycles. The van der Waals surface area contributed by atoms with Crippen LogP contribution in [0.5, 0.6) is 11.5 Å². The Morgan fingerprint density at radius 3 is 1.93 bits per heavy atom. The van der Waals surface area contributed by atoms with Crippen LogP contribution in [0.4, 0.5) is 24.5 Å². The summed E-state index contributed by atoms with van der Waals surface area (Å²) in [7, 11) is 0. The second-order valence-corrected chi connectivity index (χ2v) is 8.97. The second-order valence-electron chi connectivity index (χ2n) is 8.97. The first-order valence-electron chi connectivity index (χ1n) is 12.8. The number of hydrogen-bond donors (Lipinski definition) is 2. The normalized spacial score (nSPS) is 11.2. The number of halogens is 3. The minimum atomic E-state index is -4.46. The summed E-state index contributed by atoms with van der Waals surface area (Å²) in [6.45, 7) is -1.02. The van der Waals surface area contributed by atoms with Gasteiger partial charge in [-0.15, -0.1) is 0 Å². The van der Waals surface area contributed by atoms with E-state index in [9.17, 15) is 27.6 Å². The van der Waals surface area contributed by atoms with Crippen molar-refractivity contribution in [3.8, 4) is 11.5 Å². The molecule has 12 heteroatoms. The monoisotopic (exact) mass is 586 g/mol. The molecule has 0 aliphatic carbocycles. The van der Waals surface area contributed by atoms with E-state index in [0.29, 0.717) is 36.2 Å². The van der Waals surface area contributed by atoms with Crippen molar-refractivity contribution in [2.45, 2.75) is 25.4 Å². The van der Waals surface area contributed by atoms with E-state index in [1.807, 2.05) is 0 Å². The van der Waals surface area contributed by atoms with Crippen LogP contribution in [-0.2, 0) is 14.3 Å². The molecule has 3 rings (SSSR count). The van der Waals surface area contributed by atoms with Gasteiger partial charge in [-0.25, -0.2) is 14.4 Å². The van der Waals surface area contributed by atoms with E-state index in [1.165, 1.54) is 60.7 Å². The number of carbonyl (C=O) groups excluding carboxylic acids is 3. The minimum absolute atomic E-state index is 0.0291. The quantitative estimate of drug-likeness (QED) is 0.0862. The van der Waals surface area contributed by atoms with Crippen molar-refractivity contribution < 1.29 is 46.5 Å². The molecule has 42 heavy (non-hydrogen) atoms. The predicted molar refractivity (Wildman–Crippen MR) is 149 cm³/mol. The molecule has 0 aliphatic rings. The van der Waals surface area contributed by atoms with Gasteiger partial charge in [0.2, 0.25) is 0 Å². The molecular weight excluding hydrogens is 557 g/mol. The van der Waals surface area contributed by atoms with Crippen LogP contribution in [0.1, 0.15) is 45.5 Å². The second kappa shape index (κ2) is 15.1. The fourth-order valence-electron chi connectivity index (χ4n) is 3.47. The molecule has 0 spiro atoms. The number of rotatable bonds is 13. The molecule has 0 atom stereocenters. The predicted octanol–water partition coefficient (Wildman–Crippen LogP) is 5.60. The SMILES string of the molecule is Nc1cc(N)cc(C(=O)OCCCCCOC(=O)C=Cc2ccc(OC(=O)c3ccc(OCC(F)(F)F)cc3)cc2)c1. The molecule has 0 unspecified atom stereocenters. The average Bonchev–Trinajstić information content (AvgIpc) is 2.94. The molecule has 0 saturated carbocycles. The molecule has 0 fully saturated rings. The number of hydrogen-bond acceptors (Lipinski definition) is 9. The summed E-state index contributed by atoms with van der Waals surface area (Å²) in [5.74, 6) is -1.53. The summed E-state index contributed by atoms with van der Waals surface area (Å²) in [5.41, 5.74) is 13.2. The number of unbranched alkanes of at least 4 members (excludes halogenated alkanes) is 2. The fourth-order valence-corrected chi connectivity index (χ4v) is 3.47. The summed E-state index contributed by atoms with van der Waals surface area (Å²) in [6.07, 6.45) is 0.204. The lowest BCUT2D eigenvalue weighted by Gasteiger charge is -2.09. The lowest BCUT2D eigenvalue weighted by molar-refractivity contribution is -0.153. The lowest BCUT2D eigenvalue weighted by atomic mass is 10.2. The number of ether oxygens (including phenoxy) is 4. The Kier molecular flexibility index (Phi) is 11.4. The van der Waals surface area contributed by atoms with Gasteiger partial charge in [-0.1, -0.05) is 12.1 Å². The van der Waals surface area contributed by atoms with E-state index in [0.717, 1.165) is 0 Å². The number of esters is 3. The van der Waals surface area contributed by atoms with Crippen LogP contribution < -0.4 is 20.9 Å². The van der Waals surface area contributed by atoms with Crippen molar-refractivity contribution in [1.29, 1.82) is 0 Å². The van der Waals surface area contributed by atoms with Gasteiger partial charge >= 0.3 is 24.1 Å². The van der Waals surface area contributed by atoms with E-state index in [2.05, 4.69) is 4.74 Å². The summed E-state index contributed by atoms with van der Waals surface area (Å²) in [4.78, 5) is 36.3. The van der Waals surface area contributed by atoms with E-state index in [-0.39, 0.29) is 35.8 Å².